The molecular weight excluding hydrogens is 371 g/mol. The largest absolute Gasteiger partial charge is 0.350 e. The fourth-order valence-electron chi connectivity index (χ4n) is 2.95. The molecule has 0 saturated heterocycles. The van der Waals surface area contributed by atoms with Gasteiger partial charge in [-0.15, -0.1) is 0 Å². The van der Waals surface area contributed by atoms with Gasteiger partial charge < -0.3 is 5.32 Å². The zero-order valence-corrected chi connectivity index (χ0v) is 14.7. The molecule has 0 unspecified atom stereocenters. The Balaban J connectivity index is 1.46. The van der Waals surface area contributed by atoms with Gasteiger partial charge in [-0.3, -0.25) is 19.4 Å². The van der Waals surface area contributed by atoms with Gasteiger partial charge in [-0.2, -0.15) is 5.10 Å². The third-order valence-corrected chi connectivity index (χ3v) is 4.52. The average Bonchev–Trinajstić information content (AvgIpc) is 3.46. The first kappa shape index (κ1) is 18.1. The predicted molar refractivity (Wildman–Crippen MR) is 93.9 cm³/mol. The van der Waals surface area contributed by atoms with Crippen LogP contribution in [0, 0.1) is 17.5 Å². The molecule has 28 heavy (non-hydrogen) atoms. The van der Waals surface area contributed by atoms with Crippen molar-refractivity contribution in [2.24, 2.45) is 0 Å². The predicted octanol–water partition coefficient (Wildman–Crippen LogP) is 3.06. The second-order valence-corrected chi connectivity index (χ2v) is 6.52. The second-order valence-electron chi connectivity index (χ2n) is 6.52. The summed E-state index contributed by atoms with van der Waals surface area (Å²) in [4.78, 5) is 20.4. The first-order valence-corrected chi connectivity index (χ1v) is 8.80. The highest BCUT2D eigenvalue weighted by Crippen LogP contribution is 2.41. The van der Waals surface area contributed by atoms with Crippen molar-refractivity contribution in [3.05, 3.63) is 65.5 Å². The lowest BCUT2D eigenvalue weighted by atomic mass is 10.2. The van der Waals surface area contributed by atoms with Crippen LogP contribution in [-0.2, 0) is 6.54 Å². The summed E-state index contributed by atoms with van der Waals surface area (Å²) in [5.41, 5.74) is 1.83. The summed E-state index contributed by atoms with van der Waals surface area (Å²) in [5.74, 6) is -4.90. The Morgan fingerprint density at radius 3 is 2.68 bits per heavy atom. The molecule has 6 nitrogen and oxygen atoms in total. The summed E-state index contributed by atoms with van der Waals surface area (Å²) < 4.78 is 41.8. The number of benzene rings is 1. The van der Waals surface area contributed by atoms with Crippen molar-refractivity contribution in [1.82, 2.24) is 25.1 Å². The Kier molecular flexibility index (Phi) is 4.81. The molecule has 1 aliphatic rings. The summed E-state index contributed by atoms with van der Waals surface area (Å²) in [5, 5.41) is 7.05. The minimum absolute atomic E-state index is 0.151. The van der Waals surface area contributed by atoms with E-state index in [0.29, 0.717) is 23.9 Å². The number of halogens is 3. The normalized spacial score (nSPS) is 13.5. The zero-order valence-electron chi connectivity index (χ0n) is 14.7. The van der Waals surface area contributed by atoms with Gasteiger partial charge in [-0.1, -0.05) is 0 Å². The molecule has 0 aliphatic heterocycles. The minimum atomic E-state index is -1.66. The maximum atomic E-state index is 13.7. The van der Waals surface area contributed by atoms with Crippen molar-refractivity contribution in [3.63, 3.8) is 0 Å². The van der Waals surface area contributed by atoms with E-state index < -0.39 is 28.9 Å². The lowest BCUT2D eigenvalue weighted by Gasteiger charge is -2.09. The van der Waals surface area contributed by atoms with Crippen LogP contribution in [0.3, 0.4) is 0 Å². The van der Waals surface area contributed by atoms with Crippen molar-refractivity contribution in [2.75, 3.05) is 6.54 Å². The number of hydrogen-bond acceptors (Lipinski definition) is 4. The van der Waals surface area contributed by atoms with E-state index in [4.69, 9.17) is 0 Å². The van der Waals surface area contributed by atoms with E-state index in [1.807, 2.05) is 6.07 Å². The lowest BCUT2D eigenvalue weighted by molar-refractivity contribution is 0.0946. The lowest BCUT2D eigenvalue weighted by Crippen LogP contribution is -2.29. The highest BCUT2D eigenvalue weighted by atomic mass is 19.2. The van der Waals surface area contributed by atoms with Gasteiger partial charge in [0.1, 0.15) is 11.4 Å². The fourth-order valence-corrected chi connectivity index (χ4v) is 2.95. The molecule has 1 aliphatic carbocycles. The van der Waals surface area contributed by atoms with Crippen LogP contribution in [0.15, 0.2) is 36.8 Å². The molecule has 3 aromatic rings. The molecule has 1 amide bonds. The number of carbonyl (C=O) groups excluding carboxylic acids is 1. The van der Waals surface area contributed by atoms with Crippen LogP contribution in [0.4, 0.5) is 13.2 Å². The van der Waals surface area contributed by atoms with Gasteiger partial charge in [0, 0.05) is 30.6 Å². The van der Waals surface area contributed by atoms with Gasteiger partial charge in [0.15, 0.2) is 17.5 Å². The van der Waals surface area contributed by atoms with E-state index in [2.05, 4.69) is 20.4 Å². The monoisotopic (exact) mass is 387 g/mol. The molecular formula is C19H16F3N5O. The van der Waals surface area contributed by atoms with E-state index in [-0.39, 0.29) is 6.54 Å². The van der Waals surface area contributed by atoms with Gasteiger partial charge in [0.2, 0.25) is 0 Å². The van der Waals surface area contributed by atoms with Crippen LogP contribution in [0.25, 0.3) is 11.4 Å². The number of carbonyl (C=O) groups is 1. The van der Waals surface area contributed by atoms with E-state index >= 15 is 0 Å². The first-order valence-electron chi connectivity index (χ1n) is 8.80. The number of nitrogens with one attached hydrogen (secondary N) is 1. The number of aromatic nitrogens is 4. The Hall–Kier alpha value is -3.23. The topological polar surface area (TPSA) is 72.7 Å². The Labute approximate surface area is 158 Å². The number of nitrogens with zero attached hydrogens (tertiary/aromatic N) is 4. The van der Waals surface area contributed by atoms with E-state index in [1.54, 1.807) is 23.3 Å². The number of hydrogen-bond donors (Lipinski definition) is 1. The Morgan fingerprint density at radius 2 is 1.96 bits per heavy atom. The summed E-state index contributed by atoms with van der Waals surface area (Å²) in [6.07, 6.45) is 6.92. The van der Waals surface area contributed by atoms with E-state index in [9.17, 15) is 18.0 Å². The van der Waals surface area contributed by atoms with Crippen LogP contribution in [0.5, 0.6) is 0 Å². The Bertz CT molecular complexity index is 1020. The van der Waals surface area contributed by atoms with Gasteiger partial charge in [0.25, 0.3) is 5.91 Å². The molecule has 1 N–H and O–H groups in total. The number of rotatable bonds is 6. The van der Waals surface area contributed by atoms with Crippen molar-refractivity contribution >= 4 is 5.91 Å². The average molecular weight is 387 g/mol. The summed E-state index contributed by atoms with van der Waals surface area (Å²) >= 11 is 0. The summed E-state index contributed by atoms with van der Waals surface area (Å²) in [6.45, 7) is 0.502. The SMILES string of the molecule is O=C(NCCn1nc(-c2cnccn2)cc1C1CC1)c1ccc(F)c(F)c1F. The molecule has 0 atom stereocenters. The standard InChI is InChI=1S/C19H16F3N5O/c20-13-4-3-12(17(21)18(13)22)19(28)25-7-8-27-16(11-1-2-11)9-14(26-27)15-10-23-5-6-24-15/h3-6,9-11H,1-2,7-8H2,(H,25,28). The van der Waals surface area contributed by atoms with Gasteiger partial charge >= 0.3 is 0 Å². The van der Waals surface area contributed by atoms with E-state index in [1.165, 1.54) is 0 Å². The molecule has 1 saturated carbocycles. The van der Waals surface area contributed by atoms with E-state index in [0.717, 1.165) is 30.7 Å². The van der Waals surface area contributed by atoms with Crippen LogP contribution in [0.1, 0.15) is 34.8 Å². The van der Waals surface area contributed by atoms with Crippen molar-refractivity contribution in [1.29, 1.82) is 0 Å². The van der Waals surface area contributed by atoms with Gasteiger partial charge in [-0.05, 0) is 31.0 Å². The van der Waals surface area contributed by atoms with Crippen LogP contribution in [-0.4, -0.2) is 32.2 Å². The Morgan fingerprint density at radius 1 is 1.14 bits per heavy atom. The maximum Gasteiger partial charge on any atom is 0.254 e. The minimum Gasteiger partial charge on any atom is -0.350 e. The number of amides is 1. The first-order chi connectivity index (χ1) is 13.5. The molecule has 144 valence electrons. The van der Waals surface area contributed by atoms with Gasteiger partial charge in [-0.25, -0.2) is 13.2 Å². The van der Waals surface area contributed by atoms with Crippen LogP contribution in [0.2, 0.25) is 0 Å². The van der Waals surface area contributed by atoms with Crippen molar-refractivity contribution in [3.8, 4) is 11.4 Å². The molecule has 0 spiro atoms. The van der Waals surface area contributed by atoms with Crippen LogP contribution >= 0.6 is 0 Å². The zero-order chi connectivity index (χ0) is 19.7. The molecule has 0 radical (unpaired) electrons. The van der Waals surface area contributed by atoms with Crippen molar-refractivity contribution in [2.45, 2.75) is 25.3 Å². The third kappa shape index (κ3) is 3.60. The molecule has 0 bridgehead atoms. The highest BCUT2D eigenvalue weighted by molar-refractivity contribution is 5.94. The summed E-state index contributed by atoms with van der Waals surface area (Å²) in [6, 6.07) is 3.59. The molecule has 1 fully saturated rings. The molecule has 4 rings (SSSR count). The molecule has 2 aromatic heterocycles. The third-order valence-electron chi connectivity index (χ3n) is 4.52. The second kappa shape index (κ2) is 7.41. The summed E-state index contributed by atoms with van der Waals surface area (Å²) in [7, 11) is 0. The highest BCUT2D eigenvalue weighted by Gasteiger charge is 2.28. The molecule has 1 aromatic carbocycles. The fraction of sp³-hybridized carbons (Fsp3) is 0.263. The maximum absolute atomic E-state index is 13.7. The van der Waals surface area contributed by atoms with Crippen molar-refractivity contribution < 1.29 is 18.0 Å². The smallest absolute Gasteiger partial charge is 0.254 e. The van der Waals surface area contributed by atoms with Crippen LogP contribution < -0.4 is 5.32 Å². The molecule has 9 heteroatoms. The molecule has 2 heterocycles. The van der Waals surface area contributed by atoms with Gasteiger partial charge in [0.05, 0.1) is 18.3 Å². The quantitative estimate of drug-likeness (QED) is 0.660.